The van der Waals surface area contributed by atoms with Crippen molar-refractivity contribution in [2.75, 3.05) is 5.32 Å². The Hall–Kier alpha value is -3.49. The standard InChI is InChI=1S/C17H18N6O3/c1-13-2-4-14(5-3-13)10-22-11-15(8-18-22)20-17(24)6-7-21-12-16(9-19-21)23(25)26/h2-5,8-9,11-12H,6-7,10H2,1H3,(H,20,24). The van der Waals surface area contributed by atoms with Crippen molar-refractivity contribution in [1.29, 1.82) is 0 Å². The highest BCUT2D eigenvalue weighted by molar-refractivity contribution is 5.90. The summed E-state index contributed by atoms with van der Waals surface area (Å²) in [5.41, 5.74) is 2.83. The molecule has 0 aliphatic carbocycles. The first-order valence-electron chi connectivity index (χ1n) is 8.04. The van der Waals surface area contributed by atoms with Gasteiger partial charge in [0.25, 0.3) is 0 Å². The number of aromatic nitrogens is 4. The number of nitro groups is 1. The molecule has 0 unspecified atom stereocenters. The molecule has 0 saturated carbocycles. The number of benzene rings is 1. The molecule has 0 radical (unpaired) electrons. The monoisotopic (exact) mass is 354 g/mol. The first-order valence-corrected chi connectivity index (χ1v) is 8.04. The predicted octanol–water partition coefficient (Wildman–Crippen LogP) is 2.37. The minimum atomic E-state index is -0.522. The number of amides is 1. The molecule has 134 valence electrons. The normalized spacial score (nSPS) is 10.7. The third-order valence-electron chi connectivity index (χ3n) is 3.78. The number of anilines is 1. The number of aryl methyl sites for hydroxylation is 2. The average molecular weight is 354 g/mol. The highest BCUT2D eigenvalue weighted by Gasteiger charge is 2.10. The summed E-state index contributed by atoms with van der Waals surface area (Å²) in [6.45, 7) is 2.91. The van der Waals surface area contributed by atoms with Crippen molar-refractivity contribution in [3.8, 4) is 0 Å². The van der Waals surface area contributed by atoms with E-state index in [1.807, 2.05) is 31.2 Å². The fourth-order valence-electron chi connectivity index (χ4n) is 2.40. The van der Waals surface area contributed by atoms with Crippen LogP contribution >= 0.6 is 0 Å². The van der Waals surface area contributed by atoms with Crippen LogP contribution in [0.5, 0.6) is 0 Å². The number of hydrogen-bond acceptors (Lipinski definition) is 5. The van der Waals surface area contributed by atoms with E-state index in [1.165, 1.54) is 16.4 Å². The van der Waals surface area contributed by atoms with Crippen LogP contribution in [0.4, 0.5) is 11.4 Å². The van der Waals surface area contributed by atoms with E-state index >= 15 is 0 Å². The maximum atomic E-state index is 12.0. The lowest BCUT2D eigenvalue weighted by Gasteiger charge is -2.03. The third kappa shape index (κ3) is 4.53. The van der Waals surface area contributed by atoms with Gasteiger partial charge in [-0.15, -0.1) is 0 Å². The summed E-state index contributed by atoms with van der Waals surface area (Å²) in [6.07, 6.45) is 5.96. The summed E-state index contributed by atoms with van der Waals surface area (Å²) in [6, 6.07) is 8.17. The van der Waals surface area contributed by atoms with Crippen LogP contribution in [0.25, 0.3) is 0 Å². The third-order valence-corrected chi connectivity index (χ3v) is 3.78. The number of carbonyl (C=O) groups is 1. The maximum Gasteiger partial charge on any atom is 0.306 e. The molecule has 2 heterocycles. The lowest BCUT2D eigenvalue weighted by atomic mass is 10.1. The number of carbonyl (C=O) groups excluding carboxylic acids is 1. The molecule has 3 rings (SSSR count). The molecular weight excluding hydrogens is 336 g/mol. The molecule has 1 aromatic carbocycles. The molecule has 0 atom stereocenters. The van der Waals surface area contributed by atoms with Gasteiger partial charge in [-0.05, 0) is 12.5 Å². The minimum Gasteiger partial charge on any atom is -0.323 e. The Kier molecular flexibility index (Phi) is 5.07. The molecule has 0 spiro atoms. The van der Waals surface area contributed by atoms with Crippen LogP contribution in [-0.4, -0.2) is 30.4 Å². The van der Waals surface area contributed by atoms with Gasteiger partial charge in [-0.3, -0.25) is 24.3 Å². The van der Waals surface area contributed by atoms with E-state index < -0.39 is 4.92 Å². The molecule has 1 N–H and O–H groups in total. The molecular formula is C17H18N6O3. The van der Waals surface area contributed by atoms with Crippen molar-refractivity contribution in [2.45, 2.75) is 26.4 Å². The van der Waals surface area contributed by atoms with Crippen molar-refractivity contribution in [3.63, 3.8) is 0 Å². The van der Waals surface area contributed by atoms with Crippen LogP contribution in [-0.2, 0) is 17.9 Å². The van der Waals surface area contributed by atoms with Gasteiger partial charge in [0.05, 0.1) is 23.4 Å². The topological polar surface area (TPSA) is 108 Å². The summed E-state index contributed by atoms with van der Waals surface area (Å²) in [7, 11) is 0. The zero-order valence-corrected chi connectivity index (χ0v) is 14.2. The summed E-state index contributed by atoms with van der Waals surface area (Å²) >= 11 is 0. The number of nitrogens with one attached hydrogen (secondary N) is 1. The number of rotatable bonds is 7. The first kappa shape index (κ1) is 17.3. The molecule has 0 bridgehead atoms. The van der Waals surface area contributed by atoms with E-state index in [0.717, 1.165) is 11.8 Å². The van der Waals surface area contributed by atoms with E-state index in [-0.39, 0.29) is 24.6 Å². The molecule has 1 amide bonds. The van der Waals surface area contributed by atoms with Crippen LogP contribution in [0, 0.1) is 17.0 Å². The molecule has 9 nitrogen and oxygen atoms in total. The highest BCUT2D eigenvalue weighted by Crippen LogP contribution is 2.11. The molecule has 0 aliphatic rings. The Morgan fingerprint density at radius 3 is 2.58 bits per heavy atom. The smallest absolute Gasteiger partial charge is 0.306 e. The summed E-state index contributed by atoms with van der Waals surface area (Å²) < 4.78 is 3.12. The molecule has 26 heavy (non-hydrogen) atoms. The molecule has 0 fully saturated rings. The van der Waals surface area contributed by atoms with Gasteiger partial charge in [-0.2, -0.15) is 10.2 Å². The van der Waals surface area contributed by atoms with E-state index in [9.17, 15) is 14.9 Å². The number of nitrogens with zero attached hydrogens (tertiary/aromatic N) is 5. The molecule has 3 aromatic rings. The summed E-state index contributed by atoms with van der Waals surface area (Å²) in [4.78, 5) is 22.1. The van der Waals surface area contributed by atoms with Crippen LogP contribution < -0.4 is 5.32 Å². The predicted molar refractivity (Wildman–Crippen MR) is 94.6 cm³/mol. The zero-order chi connectivity index (χ0) is 18.5. The van der Waals surface area contributed by atoms with Crippen molar-refractivity contribution >= 4 is 17.3 Å². The van der Waals surface area contributed by atoms with E-state index in [2.05, 4.69) is 15.5 Å². The van der Waals surface area contributed by atoms with Gasteiger partial charge in [-0.1, -0.05) is 29.8 Å². The maximum absolute atomic E-state index is 12.0. The van der Waals surface area contributed by atoms with E-state index in [4.69, 9.17) is 0 Å². The van der Waals surface area contributed by atoms with Gasteiger partial charge in [0.1, 0.15) is 12.4 Å². The molecule has 0 saturated heterocycles. The van der Waals surface area contributed by atoms with Gasteiger partial charge < -0.3 is 5.32 Å². The van der Waals surface area contributed by atoms with E-state index in [0.29, 0.717) is 12.2 Å². The fourth-order valence-corrected chi connectivity index (χ4v) is 2.40. The molecule has 2 aromatic heterocycles. The Bertz CT molecular complexity index is 913. The highest BCUT2D eigenvalue weighted by atomic mass is 16.6. The second kappa shape index (κ2) is 7.60. The van der Waals surface area contributed by atoms with Gasteiger partial charge >= 0.3 is 5.69 Å². The minimum absolute atomic E-state index is 0.0946. The van der Waals surface area contributed by atoms with Crippen LogP contribution in [0.3, 0.4) is 0 Å². The van der Waals surface area contributed by atoms with Gasteiger partial charge in [0, 0.05) is 19.2 Å². The average Bonchev–Trinajstić information content (AvgIpc) is 3.25. The zero-order valence-electron chi connectivity index (χ0n) is 14.2. The Morgan fingerprint density at radius 2 is 1.88 bits per heavy atom. The van der Waals surface area contributed by atoms with Gasteiger partial charge in [0.15, 0.2) is 0 Å². The summed E-state index contributed by atoms with van der Waals surface area (Å²) in [5.74, 6) is -0.210. The fraction of sp³-hybridized carbons (Fsp3) is 0.235. The SMILES string of the molecule is Cc1ccc(Cn2cc(NC(=O)CCn3cc([N+](=O)[O-])cn3)cn2)cc1. The van der Waals surface area contributed by atoms with Crippen LogP contribution in [0.2, 0.25) is 0 Å². The van der Waals surface area contributed by atoms with Crippen molar-refractivity contribution < 1.29 is 9.72 Å². The number of hydrogen-bond donors (Lipinski definition) is 1. The van der Waals surface area contributed by atoms with Crippen molar-refractivity contribution in [3.05, 3.63) is 70.3 Å². The van der Waals surface area contributed by atoms with Crippen LogP contribution in [0.1, 0.15) is 17.5 Å². The van der Waals surface area contributed by atoms with Crippen molar-refractivity contribution in [1.82, 2.24) is 19.6 Å². The second-order valence-electron chi connectivity index (χ2n) is 5.93. The lowest BCUT2D eigenvalue weighted by Crippen LogP contribution is -2.14. The van der Waals surface area contributed by atoms with Crippen molar-refractivity contribution in [2.24, 2.45) is 0 Å². The first-order chi connectivity index (χ1) is 12.5. The lowest BCUT2D eigenvalue weighted by molar-refractivity contribution is -0.385. The Morgan fingerprint density at radius 1 is 1.15 bits per heavy atom. The molecule has 0 aliphatic heterocycles. The van der Waals surface area contributed by atoms with Gasteiger partial charge in [-0.25, -0.2) is 0 Å². The molecule has 9 heteroatoms. The Labute approximate surface area is 149 Å². The summed E-state index contributed by atoms with van der Waals surface area (Å²) in [5, 5.41) is 21.5. The largest absolute Gasteiger partial charge is 0.323 e. The van der Waals surface area contributed by atoms with E-state index in [1.54, 1.807) is 17.1 Å². The Balaban J connectivity index is 1.50. The second-order valence-corrected chi connectivity index (χ2v) is 5.93. The van der Waals surface area contributed by atoms with Gasteiger partial charge in [0.2, 0.25) is 5.91 Å². The quantitative estimate of drug-likeness (QED) is 0.518. The van der Waals surface area contributed by atoms with Crippen LogP contribution in [0.15, 0.2) is 49.1 Å².